The molecule has 3 rings (SSSR count). The molecule has 1 aliphatic heterocycles. The number of benzene rings is 2. The fourth-order valence-corrected chi connectivity index (χ4v) is 3.26. The molecule has 0 aromatic heterocycles. The molecule has 0 radical (unpaired) electrons. The van der Waals surface area contributed by atoms with Crippen LogP contribution in [0, 0.1) is 0 Å². The molecule has 0 spiro atoms. The van der Waals surface area contributed by atoms with Gasteiger partial charge in [-0.15, -0.1) is 0 Å². The maximum atomic E-state index is 12.1. The van der Waals surface area contributed by atoms with Gasteiger partial charge in [0.25, 0.3) is 0 Å². The number of carboxylic acid groups (broad SMARTS) is 1. The van der Waals surface area contributed by atoms with E-state index in [2.05, 4.69) is 4.99 Å². The van der Waals surface area contributed by atoms with Gasteiger partial charge in [-0.3, -0.25) is 4.79 Å². The van der Waals surface area contributed by atoms with Crippen LogP contribution in [0.15, 0.2) is 65.7 Å². The molecule has 2 aromatic rings. The van der Waals surface area contributed by atoms with Crippen LogP contribution in [0.5, 0.6) is 0 Å². The zero-order chi connectivity index (χ0) is 18.7. The lowest BCUT2D eigenvalue weighted by molar-refractivity contribution is -0.146. The van der Waals surface area contributed by atoms with Gasteiger partial charge in [0.1, 0.15) is 12.4 Å². The summed E-state index contributed by atoms with van der Waals surface area (Å²) in [6, 6.07) is 17.9. The summed E-state index contributed by atoms with van der Waals surface area (Å²) in [6.45, 7) is 1.49. The molecule has 0 amide bonds. The highest BCUT2D eigenvalue weighted by atomic mass is 16.5. The van der Waals surface area contributed by atoms with Crippen LogP contribution in [-0.4, -0.2) is 47.0 Å². The molecule has 26 heavy (non-hydrogen) atoms. The number of aliphatic carboxylic acids is 1. The number of ether oxygens (including phenoxy) is 1. The first-order valence-electron chi connectivity index (χ1n) is 8.24. The van der Waals surface area contributed by atoms with Gasteiger partial charge in [0.2, 0.25) is 0 Å². The minimum atomic E-state index is -1.43. The molecule has 6 nitrogen and oxygen atoms in total. The molecule has 0 unspecified atom stereocenters. The summed E-state index contributed by atoms with van der Waals surface area (Å²) in [5.74, 6) is -1.04. The maximum absolute atomic E-state index is 12.1. The summed E-state index contributed by atoms with van der Waals surface area (Å²) in [6.07, 6.45) is 0. The van der Waals surface area contributed by atoms with Gasteiger partial charge in [0.15, 0.2) is 5.54 Å². The van der Waals surface area contributed by atoms with Crippen LogP contribution in [0.3, 0.4) is 0 Å². The number of carbonyl (C=O) groups excluding carboxylic acids is 1. The van der Waals surface area contributed by atoms with Crippen LogP contribution in [-0.2, 0) is 14.3 Å². The smallest absolute Gasteiger partial charge is 0.333 e. The van der Waals surface area contributed by atoms with Crippen molar-refractivity contribution in [3.05, 3.63) is 71.8 Å². The molecular weight excluding hydrogens is 332 g/mol. The summed E-state index contributed by atoms with van der Waals surface area (Å²) in [5.41, 5.74) is 0.0962. The first kappa shape index (κ1) is 17.7. The van der Waals surface area contributed by atoms with Crippen molar-refractivity contribution < 1.29 is 19.4 Å². The SMILES string of the molecule is COC(=O)CN1C(c2ccccc2)=N[C@](C)(C(=O)O)[C@@H]1c1ccccc1. The largest absolute Gasteiger partial charge is 0.479 e. The topological polar surface area (TPSA) is 79.2 Å². The lowest BCUT2D eigenvalue weighted by Crippen LogP contribution is -2.45. The van der Waals surface area contributed by atoms with Crippen LogP contribution in [0.1, 0.15) is 24.1 Å². The zero-order valence-electron chi connectivity index (χ0n) is 14.6. The number of carbonyl (C=O) groups is 2. The fraction of sp³-hybridized carbons (Fsp3) is 0.250. The summed E-state index contributed by atoms with van der Waals surface area (Å²) in [7, 11) is 1.31. The Morgan fingerprint density at radius 3 is 2.23 bits per heavy atom. The molecule has 0 fully saturated rings. The van der Waals surface area contributed by atoms with Crippen molar-refractivity contribution in [1.82, 2.24) is 4.90 Å². The number of rotatable bonds is 5. The predicted molar refractivity (Wildman–Crippen MR) is 96.9 cm³/mol. The van der Waals surface area contributed by atoms with Crippen molar-refractivity contribution >= 4 is 17.8 Å². The molecule has 0 bridgehead atoms. The standard InChI is InChI=1S/C20H20N2O4/c1-20(19(24)25)17(14-9-5-3-6-10-14)22(13-16(23)26-2)18(21-20)15-11-7-4-8-12-15/h3-12,17H,13H2,1-2H3,(H,24,25)/t17-,20-/m0/s1. The number of hydrogen-bond donors (Lipinski definition) is 1. The highest BCUT2D eigenvalue weighted by Crippen LogP contribution is 2.41. The molecule has 0 saturated carbocycles. The maximum Gasteiger partial charge on any atom is 0.333 e. The van der Waals surface area contributed by atoms with Crippen LogP contribution < -0.4 is 0 Å². The van der Waals surface area contributed by atoms with Crippen molar-refractivity contribution in [1.29, 1.82) is 0 Å². The van der Waals surface area contributed by atoms with Crippen LogP contribution >= 0.6 is 0 Å². The van der Waals surface area contributed by atoms with Gasteiger partial charge in [-0.05, 0) is 12.5 Å². The van der Waals surface area contributed by atoms with Gasteiger partial charge in [0.05, 0.1) is 13.2 Å². The van der Waals surface area contributed by atoms with Gasteiger partial charge in [-0.2, -0.15) is 0 Å². The highest BCUT2D eigenvalue weighted by Gasteiger charge is 2.52. The average molecular weight is 352 g/mol. The van der Waals surface area contributed by atoms with E-state index in [0.29, 0.717) is 5.84 Å². The zero-order valence-corrected chi connectivity index (χ0v) is 14.6. The van der Waals surface area contributed by atoms with E-state index in [1.165, 1.54) is 7.11 Å². The van der Waals surface area contributed by atoms with Crippen LogP contribution in [0.4, 0.5) is 0 Å². The van der Waals surface area contributed by atoms with Crippen molar-refractivity contribution in [2.24, 2.45) is 4.99 Å². The van der Waals surface area contributed by atoms with E-state index in [0.717, 1.165) is 11.1 Å². The van der Waals surface area contributed by atoms with Gasteiger partial charge in [-0.25, -0.2) is 9.79 Å². The summed E-state index contributed by atoms with van der Waals surface area (Å²) < 4.78 is 4.83. The highest BCUT2D eigenvalue weighted by molar-refractivity contribution is 6.04. The molecular formula is C20H20N2O4. The fourth-order valence-electron chi connectivity index (χ4n) is 3.26. The van der Waals surface area contributed by atoms with Crippen LogP contribution in [0.25, 0.3) is 0 Å². The lowest BCUT2D eigenvalue weighted by Gasteiger charge is -2.33. The number of carboxylic acids is 1. The quantitative estimate of drug-likeness (QED) is 0.837. The Labute approximate surface area is 151 Å². The van der Waals surface area contributed by atoms with E-state index in [1.54, 1.807) is 11.8 Å². The summed E-state index contributed by atoms with van der Waals surface area (Å²) >= 11 is 0. The first-order chi connectivity index (χ1) is 12.5. The van der Waals surface area contributed by atoms with E-state index < -0.39 is 23.5 Å². The monoisotopic (exact) mass is 352 g/mol. The van der Waals surface area contributed by atoms with E-state index in [9.17, 15) is 14.7 Å². The lowest BCUT2D eigenvalue weighted by atomic mass is 9.87. The molecule has 0 saturated heterocycles. The molecule has 2 atom stereocenters. The Kier molecular flexibility index (Phi) is 4.75. The van der Waals surface area contributed by atoms with Gasteiger partial charge in [-0.1, -0.05) is 60.7 Å². The Bertz CT molecular complexity index is 835. The Morgan fingerprint density at radius 1 is 1.12 bits per heavy atom. The van der Waals surface area contributed by atoms with E-state index in [-0.39, 0.29) is 6.54 Å². The van der Waals surface area contributed by atoms with Crippen molar-refractivity contribution in [2.45, 2.75) is 18.5 Å². The molecule has 2 aromatic carbocycles. The molecule has 134 valence electrons. The number of methoxy groups -OCH3 is 1. The van der Waals surface area contributed by atoms with Crippen molar-refractivity contribution in [3.63, 3.8) is 0 Å². The van der Waals surface area contributed by atoms with E-state index in [4.69, 9.17) is 4.74 Å². The minimum absolute atomic E-state index is 0.0906. The molecule has 1 N–H and O–H groups in total. The number of aliphatic imine (C=N–C) groups is 1. The Balaban J connectivity index is 2.16. The second-order valence-electron chi connectivity index (χ2n) is 6.27. The number of hydrogen-bond acceptors (Lipinski definition) is 5. The van der Waals surface area contributed by atoms with Gasteiger partial charge in [0, 0.05) is 5.56 Å². The van der Waals surface area contributed by atoms with Gasteiger partial charge >= 0.3 is 11.9 Å². The normalized spacial score (nSPS) is 22.0. The predicted octanol–water partition coefficient (Wildman–Crippen LogP) is 2.51. The van der Waals surface area contributed by atoms with Crippen molar-refractivity contribution in [2.75, 3.05) is 13.7 Å². The Morgan fingerprint density at radius 2 is 1.69 bits per heavy atom. The number of amidine groups is 1. The average Bonchev–Trinajstić information content (AvgIpc) is 2.96. The van der Waals surface area contributed by atoms with Crippen LogP contribution in [0.2, 0.25) is 0 Å². The van der Waals surface area contributed by atoms with Gasteiger partial charge < -0.3 is 14.7 Å². The molecule has 1 aliphatic rings. The number of nitrogens with zero attached hydrogens (tertiary/aromatic N) is 2. The van der Waals surface area contributed by atoms with E-state index in [1.807, 2.05) is 60.7 Å². The summed E-state index contributed by atoms with van der Waals surface area (Å²) in [5, 5.41) is 9.93. The molecule has 0 aliphatic carbocycles. The third-order valence-corrected chi connectivity index (χ3v) is 4.56. The molecule has 6 heteroatoms. The van der Waals surface area contributed by atoms with Crippen molar-refractivity contribution in [3.8, 4) is 0 Å². The number of esters is 1. The molecule has 1 heterocycles. The van der Waals surface area contributed by atoms with E-state index >= 15 is 0 Å². The third-order valence-electron chi connectivity index (χ3n) is 4.56. The third kappa shape index (κ3) is 3.06. The Hall–Kier alpha value is -3.15. The second kappa shape index (κ2) is 7.00. The first-order valence-corrected chi connectivity index (χ1v) is 8.24. The second-order valence-corrected chi connectivity index (χ2v) is 6.27. The minimum Gasteiger partial charge on any atom is -0.479 e. The summed E-state index contributed by atoms with van der Waals surface area (Å²) in [4.78, 5) is 30.4.